The van der Waals surface area contributed by atoms with E-state index in [1.165, 1.54) is 0 Å². The number of methoxy groups -OCH3 is 1. The normalized spacial score (nSPS) is 19.1. The van der Waals surface area contributed by atoms with Gasteiger partial charge in [-0.2, -0.15) is 0 Å². The second-order valence-corrected chi connectivity index (χ2v) is 4.15. The van der Waals surface area contributed by atoms with Crippen molar-refractivity contribution in [2.45, 2.75) is 13.3 Å². The van der Waals surface area contributed by atoms with Gasteiger partial charge in [-0.05, 0) is 24.1 Å². The highest BCUT2D eigenvalue weighted by Crippen LogP contribution is 2.28. The van der Waals surface area contributed by atoms with Gasteiger partial charge in [0.15, 0.2) is 5.78 Å². The van der Waals surface area contributed by atoms with Gasteiger partial charge in [-0.1, -0.05) is 13.0 Å². The van der Waals surface area contributed by atoms with E-state index >= 15 is 0 Å². The molecule has 0 radical (unpaired) electrons. The maximum Gasteiger partial charge on any atom is 0.172 e. The highest BCUT2D eigenvalue weighted by molar-refractivity contribution is 6.01. The largest absolute Gasteiger partial charge is 0.492 e. The van der Waals surface area contributed by atoms with Crippen LogP contribution in [0, 0.1) is 5.92 Å². The Labute approximate surface area is 95.4 Å². The van der Waals surface area contributed by atoms with E-state index in [0.29, 0.717) is 24.5 Å². The maximum atomic E-state index is 11.9. The lowest BCUT2D eigenvalue weighted by Gasteiger charge is -2.21. The number of fused-ring (bicyclic) bond motifs is 1. The van der Waals surface area contributed by atoms with E-state index in [-0.39, 0.29) is 11.7 Å². The number of ether oxygens (including phenoxy) is 2. The van der Waals surface area contributed by atoms with Crippen LogP contribution in [0.2, 0.25) is 0 Å². The molecule has 0 bridgehead atoms. The Balaban J connectivity index is 2.26. The number of hydrogen-bond acceptors (Lipinski definition) is 3. The zero-order valence-electron chi connectivity index (χ0n) is 9.66. The molecule has 1 aliphatic heterocycles. The lowest BCUT2D eigenvalue weighted by Crippen LogP contribution is -2.25. The van der Waals surface area contributed by atoms with Gasteiger partial charge in [-0.15, -0.1) is 0 Å². The van der Waals surface area contributed by atoms with Gasteiger partial charge in [0, 0.05) is 7.11 Å². The van der Waals surface area contributed by atoms with E-state index in [2.05, 4.69) is 0 Å². The average Bonchev–Trinajstić information content (AvgIpc) is 2.31. The van der Waals surface area contributed by atoms with E-state index in [0.717, 1.165) is 12.0 Å². The fourth-order valence-corrected chi connectivity index (χ4v) is 1.83. The first kappa shape index (κ1) is 11.1. The molecule has 0 fully saturated rings. The predicted molar refractivity (Wildman–Crippen MR) is 61.0 cm³/mol. The van der Waals surface area contributed by atoms with Crippen LogP contribution in [0.15, 0.2) is 18.2 Å². The smallest absolute Gasteiger partial charge is 0.172 e. The molecule has 1 aromatic carbocycles. The van der Waals surface area contributed by atoms with Crippen molar-refractivity contribution in [2.75, 3.05) is 20.3 Å². The van der Waals surface area contributed by atoms with Crippen molar-refractivity contribution in [2.24, 2.45) is 5.92 Å². The predicted octanol–water partition coefficient (Wildman–Crippen LogP) is 2.09. The number of hydrogen-bond donors (Lipinski definition) is 0. The van der Waals surface area contributed by atoms with E-state index in [1.807, 2.05) is 25.1 Å². The second kappa shape index (κ2) is 4.66. The van der Waals surface area contributed by atoms with Gasteiger partial charge in [0.05, 0.1) is 24.7 Å². The van der Waals surface area contributed by atoms with Crippen LogP contribution < -0.4 is 4.74 Å². The van der Waals surface area contributed by atoms with Crippen LogP contribution in [0.25, 0.3) is 0 Å². The Morgan fingerprint density at radius 2 is 2.31 bits per heavy atom. The summed E-state index contributed by atoms with van der Waals surface area (Å²) in [6, 6.07) is 5.79. The Bertz CT molecular complexity index is 398. The summed E-state index contributed by atoms with van der Waals surface area (Å²) in [5, 5.41) is 0. The van der Waals surface area contributed by atoms with Crippen LogP contribution >= 0.6 is 0 Å². The first-order valence-corrected chi connectivity index (χ1v) is 5.51. The van der Waals surface area contributed by atoms with E-state index in [1.54, 1.807) is 7.11 Å². The van der Waals surface area contributed by atoms with Gasteiger partial charge >= 0.3 is 0 Å². The second-order valence-electron chi connectivity index (χ2n) is 4.15. The fourth-order valence-electron chi connectivity index (χ4n) is 1.83. The molecule has 1 aliphatic rings. The van der Waals surface area contributed by atoms with Gasteiger partial charge < -0.3 is 9.47 Å². The SMILES string of the molecule is COCCc1ccc2c(c1)C(=O)C(C)CO2. The highest BCUT2D eigenvalue weighted by atomic mass is 16.5. The topological polar surface area (TPSA) is 35.5 Å². The molecule has 0 saturated heterocycles. The molecule has 1 atom stereocenters. The Morgan fingerprint density at radius 1 is 1.50 bits per heavy atom. The van der Waals surface area contributed by atoms with Gasteiger partial charge in [0.1, 0.15) is 5.75 Å². The molecule has 0 saturated carbocycles. The molecule has 0 aromatic heterocycles. The molecule has 1 heterocycles. The maximum absolute atomic E-state index is 11.9. The van der Waals surface area contributed by atoms with Gasteiger partial charge in [0.25, 0.3) is 0 Å². The van der Waals surface area contributed by atoms with Crippen molar-refractivity contribution in [1.29, 1.82) is 0 Å². The molecular weight excluding hydrogens is 204 g/mol. The molecule has 86 valence electrons. The summed E-state index contributed by atoms with van der Waals surface area (Å²) in [6.07, 6.45) is 0.825. The minimum atomic E-state index is -0.0369. The number of carbonyl (C=O) groups excluding carboxylic acids is 1. The summed E-state index contributed by atoms with van der Waals surface area (Å²) in [7, 11) is 1.68. The van der Waals surface area contributed by atoms with Crippen LogP contribution in [-0.4, -0.2) is 26.1 Å². The lowest BCUT2D eigenvalue weighted by molar-refractivity contribution is 0.0848. The molecular formula is C13H16O3. The molecule has 2 rings (SSSR count). The third-order valence-corrected chi connectivity index (χ3v) is 2.84. The number of rotatable bonds is 3. The van der Waals surface area contributed by atoms with E-state index in [4.69, 9.17) is 9.47 Å². The third kappa shape index (κ3) is 2.09. The molecule has 0 aliphatic carbocycles. The minimum absolute atomic E-state index is 0.0369. The summed E-state index contributed by atoms with van der Waals surface area (Å²) >= 11 is 0. The number of benzene rings is 1. The lowest BCUT2D eigenvalue weighted by atomic mass is 9.95. The molecule has 3 heteroatoms. The van der Waals surface area contributed by atoms with Crippen LogP contribution in [0.5, 0.6) is 5.75 Å². The Hall–Kier alpha value is -1.35. The monoisotopic (exact) mass is 220 g/mol. The zero-order valence-corrected chi connectivity index (χ0v) is 9.66. The molecule has 0 amide bonds. The summed E-state index contributed by atoms with van der Waals surface area (Å²) in [5.41, 5.74) is 1.83. The Morgan fingerprint density at radius 3 is 3.06 bits per heavy atom. The number of carbonyl (C=O) groups is 1. The molecule has 0 N–H and O–H groups in total. The zero-order chi connectivity index (χ0) is 11.5. The summed E-state index contributed by atoms with van der Waals surface area (Å²) in [6.45, 7) is 3.06. The Kier molecular flexibility index (Phi) is 3.25. The minimum Gasteiger partial charge on any atom is -0.492 e. The van der Waals surface area contributed by atoms with E-state index < -0.39 is 0 Å². The van der Waals surface area contributed by atoms with Crippen molar-refractivity contribution in [3.05, 3.63) is 29.3 Å². The fraction of sp³-hybridized carbons (Fsp3) is 0.462. The quantitative estimate of drug-likeness (QED) is 0.782. The molecule has 0 spiro atoms. The van der Waals surface area contributed by atoms with Crippen LogP contribution in [0.3, 0.4) is 0 Å². The van der Waals surface area contributed by atoms with Gasteiger partial charge in [-0.3, -0.25) is 4.79 Å². The van der Waals surface area contributed by atoms with Crippen LogP contribution in [0.4, 0.5) is 0 Å². The standard InChI is InChI=1S/C13H16O3/c1-9-8-16-12-4-3-10(5-6-15-2)7-11(12)13(9)14/h3-4,7,9H,5-6,8H2,1-2H3. The first-order chi connectivity index (χ1) is 7.72. The van der Waals surface area contributed by atoms with Crippen molar-refractivity contribution < 1.29 is 14.3 Å². The number of Topliss-reactive ketones (excluding diaryl/α,β-unsaturated/α-hetero) is 1. The van der Waals surface area contributed by atoms with Crippen molar-refractivity contribution in [1.82, 2.24) is 0 Å². The van der Waals surface area contributed by atoms with Crippen LogP contribution in [-0.2, 0) is 11.2 Å². The van der Waals surface area contributed by atoms with Gasteiger partial charge in [-0.25, -0.2) is 0 Å². The van der Waals surface area contributed by atoms with Crippen molar-refractivity contribution in [3.63, 3.8) is 0 Å². The summed E-state index contributed by atoms with van der Waals surface area (Å²) < 4.78 is 10.5. The van der Waals surface area contributed by atoms with E-state index in [9.17, 15) is 4.79 Å². The average molecular weight is 220 g/mol. The third-order valence-electron chi connectivity index (χ3n) is 2.84. The molecule has 16 heavy (non-hydrogen) atoms. The molecule has 1 aromatic rings. The summed E-state index contributed by atoms with van der Waals surface area (Å²) in [5.74, 6) is 0.856. The first-order valence-electron chi connectivity index (χ1n) is 5.51. The van der Waals surface area contributed by atoms with Crippen LogP contribution in [0.1, 0.15) is 22.8 Å². The van der Waals surface area contributed by atoms with Gasteiger partial charge in [0.2, 0.25) is 0 Å². The van der Waals surface area contributed by atoms with Crippen molar-refractivity contribution in [3.8, 4) is 5.75 Å². The number of ketones is 1. The molecule has 1 unspecified atom stereocenters. The molecule has 3 nitrogen and oxygen atoms in total. The summed E-state index contributed by atoms with van der Waals surface area (Å²) in [4.78, 5) is 11.9. The highest BCUT2D eigenvalue weighted by Gasteiger charge is 2.25. The van der Waals surface area contributed by atoms with Crippen molar-refractivity contribution >= 4 is 5.78 Å².